The van der Waals surface area contributed by atoms with Crippen molar-refractivity contribution < 1.29 is 4.74 Å². The number of fused-ring (bicyclic) bond motifs is 1. The van der Waals surface area contributed by atoms with Gasteiger partial charge in [0.1, 0.15) is 11.9 Å². The molecule has 1 aliphatic heterocycles. The summed E-state index contributed by atoms with van der Waals surface area (Å²) in [6.45, 7) is 8.65. The molecule has 0 saturated carbocycles. The smallest absolute Gasteiger partial charge is 0.143 e. The third-order valence-corrected chi connectivity index (χ3v) is 4.45. The predicted octanol–water partition coefficient (Wildman–Crippen LogP) is 4.71. The highest BCUT2D eigenvalue weighted by atomic mass is 16.5. The van der Waals surface area contributed by atoms with Crippen LogP contribution in [0.2, 0.25) is 0 Å². The van der Waals surface area contributed by atoms with Crippen molar-refractivity contribution in [3.05, 3.63) is 54.6 Å². The molecule has 2 aromatic rings. The van der Waals surface area contributed by atoms with Crippen molar-refractivity contribution in [1.29, 1.82) is 0 Å². The summed E-state index contributed by atoms with van der Waals surface area (Å²) in [6.07, 6.45) is 2.57. The van der Waals surface area contributed by atoms with Gasteiger partial charge in [-0.15, -0.1) is 0 Å². The molecule has 1 atom stereocenters. The minimum absolute atomic E-state index is 0.193. The third kappa shape index (κ3) is 3.90. The molecular weight excluding hydrogens is 296 g/mol. The van der Waals surface area contributed by atoms with Crippen LogP contribution >= 0.6 is 0 Å². The molecule has 2 aromatic carbocycles. The molecule has 24 heavy (non-hydrogen) atoms. The van der Waals surface area contributed by atoms with Crippen LogP contribution in [0.1, 0.15) is 26.7 Å². The number of para-hydroxylation sites is 3. The van der Waals surface area contributed by atoms with E-state index in [-0.39, 0.29) is 6.10 Å². The van der Waals surface area contributed by atoms with Crippen LogP contribution in [0.5, 0.6) is 5.75 Å². The summed E-state index contributed by atoms with van der Waals surface area (Å²) in [5, 5.41) is 0. The third-order valence-electron chi connectivity index (χ3n) is 4.45. The highest BCUT2D eigenvalue weighted by Gasteiger charge is 2.27. The summed E-state index contributed by atoms with van der Waals surface area (Å²) in [5.74, 6) is 0.991. The van der Waals surface area contributed by atoms with Crippen LogP contribution in [0, 0.1) is 0 Å². The fourth-order valence-electron chi connectivity index (χ4n) is 3.46. The van der Waals surface area contributed by atoms with Crippen molar-refractivity contribution in [2.45, 2.75) is 32.8 Å². The lowest BCUT2D eigenvalue weighted by Crippen LogP contribution is -2.45. The molecule has 1 aliphatic rings. The minimum atomic E-state index is 0.193. The van der Waals surface area contributed by atoms with Crippen molar-refractivity contribution in [3.8, 4) is 5.75 Å². The van der Waals surface area contributed by atoms with Crippen LogP contribution in [-0.4, -0.2) is 37.2 Å². The highest BCUT2D eigenvalue weighted by molar-refractivity contribution is 5.70. The first kappa shape index (κ1) is 16.8. The van der Waals surface area contributed by atoms with Gasteiger partial charge in [0.15, 0.2) is 0 Å². The summed E-state index contributed by atoms with van der Waals surface area (Å²) in [7, 11) is 0. The van der Waals surface area contributed by atoms with Crippen LogP contribution in [0.25, 0.3) is 0 Å². The van der Waals surface area contributed by atoms with E-state index in [9.17, 15) is 0 Å². The fourth-order valence-corrected chi connectivity index (χ4v) is 3.46. The van der Waals surface area contributed by atoms with E-state index in [1.54, 1.807) is 0 Å². The van der Waals surface area contributed by atoms with E-state index >= 15 is 0 Å². The average Bonchev–Trinajstić information content (AvgIpc) is 2.62. The van der Waals surface area contributed by atoms with Gasteiger partial charge in [-0.2, -0.15) is 0 Å². The highest BCUT2D eigenvalue weighted by Crippen LogP contribution is 2.37. The van der Waals surface area contributed by atoms with Gasteiger partial charge in [-0.3, -0.25) is 4.90 Å². The van der Waals surface area contributed by atoms with Gasteiger partial charge in [-0.1, -0.05) is 44.2 Å². The second kappa shape index (κ2) is 8.20. The van der Waals surface area contributed by atoms with Gasteiger partial charge in [-0.05, 0) is 50.2 Å². The van der Waals surface area contributed by atoms with Crippen LogP contribution in [0.3, 0.4) is 0 Å². The molecule has 1 heterocycles. The maximum absolute atomic E-state index is 6.32. The van der Waals surface area contributed by atoms with Crippen LogP contribution < -0.4 is 9.64 Å². The van der Waals surface area contributed by atoms with Crippen molar-refractivity contribution in [3.63, 3.8) is 0 Å². The number of hydrogen-bond acceptors (Lipinski definition) is 3. The van der Waals surface area contributed by atoms with Gasteiger partial charge in [0.2, 0.25) is 0 Å². The molecule has 1 unspecified atom stereocenters. The summed E-state index contributed by atoms with van der Waals surface area (Å²) < 4.78 is 6.32. The Labute approximate surface area is 145 Å². The lowest BCUT2D eigenvalue weighted by molar-refractivity contribution is 0.131. The molecule has 0 aliphatic carbocycles. The summed E-state index contributed by atoms with van der Waals surface area (Å²) in [6, 6.07) is 19.0. The Hall–Kier alpha value is -2.00. The van der Waals surface area contributed by atoms with E-state index in [1.165, 1.54) is 18.5 Å². The number of rotatable bonds is 7. The average molecular weight is 324 g/mol. The van der Waals surface area contributed by atoms with E-state index in [0.717, 1.165) is 37.6 Å². The Morgan fingerprint density at radius 3 is 2.33 bits per heavy atom. The topological polar surface area (TPSA) is 15.7 Å². The van der Waals surface area contributed by atoms with E-state index in [0.29, 0.717) is 0 Å². The van der Waals surface area contributed by atoms with Crippen LogP contribution in [0.4, 0.5) is 11.4 Å². The second-order valence-corrected chi connectivity index (χ2v) is 6.45. The second-order valence-electron chi connectivity index (χ2n) is 6.45. The van der Waals surface area contributed by atoms with E-state index in [1.807, 2.05) is 0 Å². The van der Waals surface area contributed by atoms with Crippen molar-refractivity contribution in [2.24, 2.45) is 0 Å². The quantitative estimate of drug-likeness (QED) is 0.734. The monoisotopic (exact) mass is 324 g/mol. The Bertz CT molecular complexity index is 623. The number of nitrogens with zero attached hydrogens (tertiary/aromatic N) is 2. The summed E-state index contributed by atoms with van der Waals surface area (Å²) >= 11 is 0. The Morgan fingerprint density at radius 1 is 0.958 bits per heavy atom. The lowest BCUT2D eigenvalue weighted by Gasteiger charge is -2.38. The molecule has 3 heteroatoms. The minimum Gasteiger partial charge on any atom is -0.485 e. The number of hydrogen-bond donors (Lipinski definition) is 0. The van der Waals surface area contributed by atoms with Gasteiger partial charge < -0.3 is 9.64 Å². The molecule has 3 rings (SSSR count). The molecule has 3 nitrogen and oxygen atoms in total. The molecule has 0 N–H and O–H groups in total. The van der Waals surface area contributed by atoms with Crippen LogP contribution in [0.15, 0.2) is 54.6 Å². The standard InChI is InChI=1S/C21H28N2O/c1-3-14-22(15-4-2)16-19-17-23(18-10-6-5-7-11-18)20-12-8-9-13-21(20)24-19/h5-13,19H,3-4,14-17H2,1-2H3. The first-order chi connectivity index (χ1) is 11.8. The maximum Gasteiger partial charge on any atom is 0.143 e. The van der Waals surface area contributed by atoms with Crippen LogP contribution in [-0.2, 0) is 0 Å². The van der Waals surface area contributed by atoms with Gasteiger partial charge >= 0.3 is 0 Å². The molecule has 0 bridgehead atoms. The lowest BCUT2D eigenvalue weighted by atomic mass is 10.1. The zero-order chi connectivity index (χ0) is 16.8. The zero-order valence-electron chi connectivity index (χ0n) is 14.8. The predicted molar refractivity (Wildman–Crippen MR) is 101 cm³/mol. The normalized spacial score (nSPS) is 16.8. The number of anilines is 2. The van der Waals surface area contributed by atoms with E-state index in [4.69, 9.17) is 4.74 Å². The largest absolute Gasteiger partial charge is 0.485 e. The van der Waals surface area contributed by atoms with E-state index in [2.05, 4.69) is 78.2 Å². The molecule has 0 aromatic heterocycles. The number of ether oxygens (including phenoxy) is 1. The molecule has 0 spiro atoms. The van der Waals surface area contributed by atoms with Crippen molar-refractivity contribution in [1.82, 2.24) is 4.90 Å². The van der Waals surface area contributed by atoms with Gasteiger partial charge in [-0.25, -0.2) is 0 Å². The van der Waals surface area contributed by atoms with Gasteiger partial charge in [0.05, 0.1) is 12.2 Å². The Kier molecular flexibility index (Phi) is 5.76. The fraction of sp³-hybridized carbons (Fsp3) is 0.429. The molecule has 0 saturated heterocycles. The van der Waals surface area contributed by atoms with Crippen molar-refractivity contribution in [2.75, 3.05) is 31.1 Å². The summed E-state index contributed by atoms with van der Waals surface area (Å²) in [4.78, 5) is 4.92. The molecule has 0 fully saturated rings. The van der Waals surface area contributed by atoms with Crippen molar-refractivity contribution >= 4 is 11.4 Å². The molecule has 128 valence electrons. The molecular formula is C21H28N2O. The Morgan fingerprint density at radius 2 is 1.62 bits per heavy atom. The first-order valence-electron chi connectivity index (χ1n) is 9.12. The first-order valence-corrected chi connectivity index (χ1v) is 9.12. The van der Waals surface area contributed by atoms with E-state index < -0.39 is 0 Å². The van der Waals surface area contributed by atoms with Gasteiger partial charge in [0.25, 0.3) is 0 Å². The molecule has 0 radical (unpaired) electrons. The molecule has 0 amide bonds. The summed E-state index contributed by atoms with van der Waals surface area (Å²) in [5.41, 5.74) is 2.40. The SMILES string of the molecule is CCCN(CCC)CC1CN(c2ccccc2)c2ccccc2O1. The maximum atomic E-state index is 6.32. The zero-order valence-corrected chi connectivity index (χ0v) is 14.8. The van der Waals surface area contributed by atoms with Gasteiger partial charge in [0, 0.05) is 12.2 Å². The number of benzene rings is 2. The Balaban J connectivity index is 1.82.